The molecule has 0 saturated carbocycles. The third-order valence-electron chi connectivity index (χ3n) is 8.09. The monoisotopic (exact) mass is 469 g/mol. The van der Waals surface area contributed by atoms with Crippen molar-refractivity contribution in [2.45, 2.75) is 71.9 Å². The van der Waals surface area contributed by atoms with Crippen LogP contribution in [0.3, 0.4) is 0 Å². The molecule has 1 aliphatic heterocycles. The largest absolute Gasteiger partial charge is 0.320 e. The molecular formula is C32H41N2O+. The fourth-order valence-corrected chi connectivity index (χ4v) is 6.07. The van der Waals surface area contributed by atoms with E-state index in [0.717, 1.165) is 66.6 Å². The number of amides is 1. The van der Waals surface area contributed by atoms with Crippen molar-refractivity contribution in [1.29, 1.82) is 0 Å². The smallest absolute Gasteiger partial charge is 0.282 e. The van der Waals surface area contributed by atoms with E-state index in [4.69, 9.17) is 0 Å². The van der Waals surface area contributed by atoms with Crippen molar-refractivity contribution in [3.05, 3.63) is 101 Å². The topological polar surface area (TPSA) is 29.1 Å². The molecule has 3 heteroatoms. The number of carbonyl (C=O) groups excluding carboxylic acids is 1. The Morgan fingerprint density at radius 3 is 2.14 bits per heavy atom. The third-order valence-corrected chi connectivity index (χ3v) is 8.09. The van der Waals surface area contributed by atoms with Crippen LogP contribution in [0.15, 0.2) is 72.8 Å². The highest BCUT2D eigenvalue weighted by Crippen LogP contribution is 2.36. The van der Waals surface area contributed by atoms with Crippen LogP contribution in [0.2, 0.25) is 0 Å². The van der Waals surface area contributed by atoms with E-state index in [1.165, 1.54) is 16.7 Å². The molecule has 0 aliphatic carbocycles. The van der Waals surface area contributed by atoms with E-state index in [1.54, 1.807) is 0 Å². The van der Waals surface area contributed by atoms with Crippen LogP contribution < -0.4 is 5.32 Å². The molecule has 0 spiro atoms. The molecule has 3 aromatic rings. The van der Waals surface area contributed by atoms with Crippen LogP contribution in [0, 0.1) is 13.8 Å². The number of aryl methyl sites for hydroxylation is 3. The van der Waals surface area contributed by atoms with Gasteiger partial charge in [0.15, 0.2) is 6.04 Å². The molecule has 0 bridgehead atoms. The molecule has 184 valence electrons. The summed E-state index contributed by atoms with van der Waals surface area (Å²) in [6.45, 7) is 11.5. The van der Waals surface area contributed by atoms with Crippen LogP contribution >= 0.6 is 0 Å². The summed E-state index contributed by atoms with van der Waals surface area (Å²) in [7, 11) is 0. The summed E-state index contributed by atoms with van der Waals surface area (Å²) in [6.07, 6.45) is 4.10. The lowest BCUT2D eigenvalue weighted by Gasteiger charge is -2.48. The van der Waals surface area contributed by atoms with E-state index in [-0.39, 0.29) is 11.9 Å². The van der Waals surface area contributed by atoms with E-state index in [1.807, 2.05) is 0 Å². The van der Waals surface area contributed by atoms with E-state index in [9.17, 15) is 4.79 Å². The number of hydrogen-bond acceptors (Lipinski definition) is 1. The van der Waals surface area contributed by atoms with Gasteiger partial charge in [-0.2, -0.15) is 0 Å². The van der Waals surface area contributed by atoms with Crippen LogP contribution in [0.4, 0.5) is 5.69 Å². The Balaban J connectivity index is 1.63. The summed E-state index contributed by atoms with van der Waals surface area (Å²) < 4.78 is 0.837. The summed E-state index contributed by atoms with van der Waals surface area (Å²) in [5.41, 5.74) is 7.37. The maximum Gasteiger partial charge on any atom is 0.282 e. The van der Waals surface area contributed by atoms with Crippen LogP contribution in [-0.2, 0) is 17.8 Å². The van der Waals surface area contributed by atoms with E-state index in [0.29, 0.717) is 5.92 Å². The first-order valence-corrected chi connectivity index (χ1v) is 13.3. The Morgan fingerprint density at radius 2 is 1.51 bits per heavy atom. The predicted octanol–water partition coefficient (Wildman–Crippen LogP) is 7.18. The Morgan fingerprint density at radius 1 is 0.886 bits per heavy atom. The molecule has 1 fully saturated rings. The molecule has 35 heavy (non-hydrogen) atoms. The number of benzene rings is 3. The zero-order valence-corrected chi connectivity index (χ0v) is 21.9. The lowest BCUT2D eigenvalue weighted by atomic mass is 9.86. The molecule has 1 heterocycles. The Labute approximate surface area is 211 Å². The van der Waals surface area contributed by atoms with Crippen molar-refractivity contribution in [3.63, 3.8) is 0 Å². The van der Waals surface area contributed by atoms with Gasteiger partial charge in [0.05, 0.1) is 13.1 Å². The maximum absolute atomic E-state index is 13.9. The molecule has 1 atom stereocenters. The summed E-state index contributed by atoms with van der Waals surface area (Å²) in [4.78, 5) is 13.9. The van der Waals surface area contributed by atoms with Crippen molar-refractivity contribution in [3.8, 4) is 0 Å². The van der Waals surface area contributed by atoms with Gasteiger partial charge in [-0.3, -0.25) is 4.79 Å². The maximum atomic E-state index is 13.9. The first-order valence-electron chi connectivity index (χ1n) is 13.3. The number of likely N-dealkylation sites (tertiary alicyclic amines) is 1. The molecular weight excluding hydrogens is 428 g/mol. The van der Waals surface area contributed by atoms with Crippen LogP contribution in [0.1, 0.15) is 66.8 Å². The number of para-hydroxylation sites is 1. The first kappa shape index (κ1) is 25.2. The van der Waals surface area contributed by atoms with Crippen molar-refractivity contribution in [1.82, 2.24) is 0 Å². The quantitative estimate of drug-likeness (QED) is 0.348. The molecule has 3 aromatic carbocycles. The van der Waals surface area contributed by atoms with Gasteiger partial charge in [0, 0.05) is 30.5 Å². The average molecular weight is 470 g/mol. The van der Waals surface area contributed by atoms with Gasteiger partial charge in [0.2, 0.25) is 0 Å². The van der Waals surface area contributed by atoms with Crippen molar-refractivity contribution in [2.75, 3.05) is 18.4 Å². The number of hydrogen-bond donors (Lipinski definition) is 1. The fourth-order valence-electron chi connectivity index (χ4n) is 6.07. The molecule has 3 nitrogen and oxygen atoms in total. The lowest BCUT2D eigenvalue weighted by molar-refractivity contribution is -0.959. The van der Waals surface area contributed by atoms with Gasteiger partial charge in [0.1, 0.15) is 6.54 Å². The van der Waals surface area contributed by atoms with Crippen molar-refractivity contribution >= 4 is 11.6 Å². The molecule has 1 amide bonds. The van der Waals surface area contributed by atoms with E-state index < -0.39 is 0 Å². The zero-order valence-electron chi connectivity index (χ0n) is 21.9. The zero-order chi connectivity index (χ0) is 24.8. The highest BCUT2D eigenvalue weighted by Gasteiger charge is 2.44. The molecule has 4 rings (SSSR count). The molecule has 1 unspecified atom stereocenters. The fraction of sp³-hybridized carbons (Fsp3) is 0.406. The first-order chi connectivity index (χ1) is 17.0. The third kappa shape index (κ3) is 5.67. The van der Waals surface area contributed by atoms with Crippen molar-refractivity contribution < 1.29 is 9.28 Å². The highest BCUT2D eigenvalue weighted by molar-refractivity contribution is 5.95. The van der Waals surface area contributed by atoms with E-state index in [2.05, 4.69) is 106 Å². The minimum atomic E-state index is -0.0731. The molecule has 0 aromatic heterocycles. The van der Waals surface area contributed by atoms with Crippen LogP contribution in [0.5, 0.6) is 0 Å². The SMILES string of the molecule is CCc1cccc(C[N+]2(C(CC)C(=O)Nc3c(C)cccc3C)CCC(c3ccccc3)CC2)c1. The number of nitrogens with zero attached hydrogens (tertiary/aromatic N) is 1. The Hall–Kier alpha value is -2.91. The normalized spacial score (nSPS) is 20.9. The second-order valence-corrected chi connectivity index (χ2v) is 10.4. The van der Waals surface area contributed by atoms with Crippen molar-refractivity contribution in [2.24, 2.45) is 0 Å². The Bertz CT molecular complexity index is 1110. The second-order valence-electron chi connectivity index (χ2n) is 10.4. The number of carbonyl (C=O) groups is 1. The predicted molar refractivity (Wildman–Crippen MR) is 147 cm³/mol. The van der Waals surface area contributed by atoms with Gasteiger partial charge < -0.3 is 9.80 Å². The minimum absolute atomic E-state index is 0.0731. The second kappa shape index (κ2) is 11.2. The van der Waals surface area contributed by atoms with Gasteiger partial charge in [-0.25, -0.2) is 0 Å². The number of nitrogens with one attached hydrogen (secondary N) is 1. The summed E-state index contributed by atoms with van der Waals surface area (Å²) >= 11 is 0. The molecule has 1 aliphatic rings. The highest BCUT2D eigenvalue weighted by atomic mass is 16.2. The standard InChI is InChI=1S/C32H40N2O/c1-5-26-14-11-15-27(22-26)23-34(20-18-29(19-21-34)28-16-8-7-9-17-28)30(6-2)32(35)33-31-24(3)12-10-13-25(31)4/h7-17,22,29-30H,5-6,18-21,23H2,1-4H3/p+1. The van der Waals surface area contributed by atoms with Crippen LogP contribution in [-0.4, -0.2) is 29.5 Å². The summed E-state index contributed by atoms with van der Waals surface area (Å²) in [5.74, 6) is 0.735. The lowest BCUT2D eigenvalue weighted by Crippen LogP contribution is -2.62. The summed E-state index contributed by atoms with van der Waals surface area (Å²) in [5, 5.41) is 3.35. The van der Waals surface area contributed by atoms with Gasteiger partial charge in [-0.1, -0.05) is 86.6 Å². The number of piperidine rings is 1. The molecule has 1 N–H and O–H groups in total. The van der Waals surface area contributed by atoms with Crippen LogP contribution in [0.25, 0.3) is 0 Å². The summed E-state index contributed by atoms with van der Waals surface area (Å²) in [6, 6.07) is 26.0. The average Bonchev–Trinajstić information content (AvgIpc) is 2.88. The molecule has 0 radical (unpaired) electrons. The van der Waals surface area contributed by atoms with Gasteiger partial charge in [0.25, 0.3) is 5.91 Å². The van der Waals surface area contributed by atoms with E-state index >= 15 is 0 Å². The number of rotatable bonds is 8. The number of anilines is 1. The van der Waals surface area contributed by atoms with Gasteiger partial charge in [-0.05, 0) is 48.4 Å². The Kier molecular flexibility index (Phi) is 8.07. The van der Waals surface area contributed by atoms with Gasteiger partial charge in [-0.15, -0.1) is 0 Å². The van der Waals surface area contributed by atoms with Gasteiger partial charge >= 0.3 is 0 Å². The number of quaternary nitrogens is 1. The molecule has 1 saturated heterocycles. The minimum Gasteiger partial charge on any atom is -0.320 e.